The van der Waals surface area contributed by atoms with Gasteiger partial charge >= 0.3 is 0 Å². The van der Waals surface area contributed by atoms with Crippen LogP contribution in [0.2, 0.25) is 0 Å². The van der Waals surface area contributed by atoms with Crippen molar-refractivity contribution in [3.05, 3.63) is 58.2 Å². The molecule has 0 atom stereocenters. The molecule has 9 heteroatoms. The van der Waals surface area contributed by atoms with Crippen LogP contribution < -0.4 is 5.32 Å². The minimum atomic E-state index is -0.246. The van der Waals surface area contributed by atoms with E-state index in [2.05, 4.69) is 40.4 Å². The van der Waals surface area contributed by atoms with Crippen molar-refractivity contribution in [2.24, 2.45) is 0 Å². The van der Waals surface area contributed by atoms with Gasteiger partial charge in [-0.25, -0.2) is 14.6 Å². The Bertz CT molecular complexity index is 1440. The van der Waals surface area contributed by atoms with Gasteiger partial charge in [0.05, 0.1) is 29.0 Å². The molecular formula is C22H21N7OS. The number of fused-ring (bicyclic) bond motifs is 2. The number of aromatic nitrogens is 6. The van der Waals surface area contributed by atoms with E-state index in [9.17, 15) is 4.79 Å². The molecule has 1 amide bonds. The molecule has 1 N–H and O–H groups in total. The van der Waals surface area contributed by atoms with Crippen LogP contribution in [0, 0.1) is 13.8 Å². The highest BCUT2D eigenvalue weighted by molar-refractivity contribution is 7.12. The summed E-state index contributed by atoms with van der Waals surface area (Å²) in [4.78, 5) is 24.9. The number of anilines is 1. The molecule has 0 spiro atoms. The smallest absolute Gasteiger partial charge is 0.257 e. The van der Waals surface area contributed by atoms with Gasteiger partial charge in [0.25, 0.3) is 5.91 Å². The van der Waals surface area contributed by atoms with E-state index < -0.39 is 0 Å². The van der Waals surface area contributed by atoms with Crippen LogP contribution >= 0.6 is 11.3 Å². The first-order chi connectivity index (χ1) is 14.9. The van der Waals surface area contributed by atoms with Crippen LogP contribution in [0.3, 0.4) is 0 Å². The minimum Gasteiger partial charge on any atom is -0.306 e. The Balaban J connectivity index is 1.67. The molecule has 0 bridgehead atoms. The second kappa shape index (κ2) is 7.28. The topological polar surface area (TPSA) is 90.0 Å². The van der Waals surface area contributed by atoms with Crippen molar-refractivity contribution in [2.45, 2.75) is 33.7 Å². The maximum Gasteiger partial charge on any atom is 0.257 e. The van der Waals surface area contributed by atoms with Crippen molar-refractivity contribution >= 4 is 39.7 Å². The van der Waals surface area contributed by atoms with Gasteiger partial charge in [-0.15, -0.1) is 11.3 Å². The van der Waals surface area contributed by atoms with E-state index in [1.807, 2.05) is 24.6 Å². The molecule has 0 radical (unpaired) electrons. The summed E-state index contributed by atoms with van der Waals surface area (Å²) in [5, 5.41) is 12.4. The Labute approximate surface area is 182 Å². The summed E-state index contributed by atoms with van der Waals surface area (Å²) >= 11 is 1.72. The number of pyridine rings is 1. The van der Waals surface area contributed by atoms with E-state index in [0.29, 0.717) is 28.1 Å². The van der Waals surface area contributed by atoms with Gasteiger partial charge in [-0.1, -0.05) is 0 Å². The lowest BCUT2D eigenvalue weighted by molar-refractivity contribution is 0.102. The van der Waals surface area contributed by atoms with Crippen LogP contribution in [-0.2, 0) is 0 Å². The Hall–Kier alpha value is -3.59. The average molecular weight is 432 g/mol. The number of nitrogens with one attached hydrogen (secondary N) is 1. The third kappa shape index (κ3) is 3.27. The second-order valence-corrected chi connectivity index (χ2v) is 9.15. The van der Waals surface area contributed by atoms with Crippen LogP contribution in [-0.4, -0.2) is 35.3 Å². The Morgan fingerprint density at radius 1 is 1.13 bits per heavy atom. The summed E-state index contributed by atoms with van der Waals surface area (Å²) in [5.41, 5.74) is 3.68. The highest BCUT2D eigenvalue weighted by Crippen LogP contribution is 2.32. The van der Waals surface area contributed by atoms with Gasteiger partial charge in [0.2, 0.25) is 0 Å². The predicted octanol–water partition coefficient (Wildman–Crippen LogP) is 4.65. The number of aryl methyl sites for hydroxylation is 2. The molecule has 0 aromatic carbocycles. The standard InChI is InChI=1S/C22H21N7OS/c1-12(2)28-21-17(11-25-28)16(10-18(26-21)15-9-13(3)31-14(15)4)22(30)27-20-5-7-23-19-6-8-24-29(19)20/h5-12H,1-4H3,(H,27,30). The Kier molecular flexibility index (Phi) is 4.55. The van der Waals surface area contributed by atoms with Gasteiger partial charge in [0.15, 0.2) is 11.3 Å². The molecule has 8 nitrogen and oxygen atoms in total. The molecule has 0 fully saturated rings. The Morgan fingerprint density at radius 3 is 2.71 bits per heavy atom. The molecule has 156 valence electrons. The van der Waals surface area contributed by atoms with E-state index in [-0.39, 0.29) is 11.9 Å². The van der Waals surface area contributed by atoms with Crippen molar-refractivity contribution < 1.29 is 4.79 Å². The third-order valence-electron chi connectivity index (χ3n) is 5.15. The van der Waals surface area contributed by atoms with E-state index in [1.54, 1.807) is 46.6 Å². The van der Waals surface area contributed by atoms with Crippen molar-refractivity contribution in [3.8, 4) is 11.3 Å². The molecule has 0 saturated carbocycles. The fraction of sp³-hybridized carbons (Fsp3) is 0.227. The monoisotopic (exact) mass is 431 g/mol. The summed E-state index contributed by atoms with van der Waals surface area (Å²) in [5.74, 6) is 0.301. The molecule has 0 aliphatic heterocycles. The Morgan fingerprint density at radius 2 is 1.97 bits per heavy atom. The maximum absolute atomic E-state index is 13.4. The van der Waals surface area contributed by atoms with Crippen LogP contribution in [0.4, 0.5) is 5.82 Å². The molecule has 5 aromatic heterocycles. The fourth-order valence-corrected chi connectivity index (χ4v) is 4.65. The summed E-state index contributed by atoms with van der Waals surface area (Å²) in [6, 6.07) is 7.58. The van der Waals surface area contributed by atoms with Gasteiger partial charge < -0.3 is 5.32 Å². The number of rotatable bonds is 4. The van der Waals surface area contributed by atoms with E-state index in [4.69, 9.17) is 4.98 Å². The lowest BCUT2D eigenvalue weighted by Gasteiger charge is -2.11. The van der Waals surface area contributed by atoms with Gasteiger partial charge in [0.1, 0.15) is 5.82 Å². The van der Waals surface area contributed by atoms with Crippen molar-refractivity contribution in [2.75, 3.05) is 5.32 Å². The quantitative estimate of drug-likeness (QED) is 0.447. The summed E-state index contributed by atoms with van der Waals surface area (Å²) in [7, 11) is 0. The zero-order valence-corrected chi connectivity index (χ0v) is 18.4. The average Bonchev–Trinajstić information content (AvgIpc) is 3.45. The molecule has 5 aromatic rings. The van der Waals surface area contributed by atoms with Crippen LogP contribution in [0.5, 0.6) is 0 Å². The molecule has 0 unspecified atom stereocenters. The van der Waals surface area contributed by atoms with Crippen LogP contribution in [0.15, 0.2) is 42.9 Å². The van der Waals surface area contributed by atoms with E-state index in [1.165, 1.54) is 9.75 Å². The molecule has 31 heavy (non-hydrogen) atoms. The maximum atomic E-state index is 13.4. The number of hydrogen-bond donors (Lipinski definition) is 1. The molecule has 0 aliphatic carbocycles. The van der Waals surface area contributed by atoms with Gasteiger partial charge in [0, 0.05) is 33.6 Å². The van der Waals surface area contributed by atoms with Crippen molar-refractivity contribution in [1.82, 2.24) is 29.4 Å². The zero-order chi connectivity index (χ0) is 21.7. The number of amides is 1. The number of hydrogen-bond acceptors (Lipinski definition) is 6. The minimum absolute atomic E-state index is 0.116. The summed E-state index contributed by atoms with van der Waals surface area (Å²) in [6.45, 7) is 8.24. The first kappa shape index (κ1) is 19.4. The number of carbonyl (C=O) groups is 1. The van der Waals surface area contributed by atoms with Crippen LogP contribution in [0.25, 0.3) is 27.9 Å². The zero-order valence-electron chi connectivity index (χ0n) is 17.6. The number of thiophene rings is 1. The predicted molar refractivity (Wildman–Crippen MR) is 122 cm³/mol. The van der Waals surface area contributed by atoms with Crippen molar-refractivity contribution in [1.29, 1.82) is 0 Å². The van der Waals surface area contributed by atoms with E-state index >= 15 is 0 Å². The number of nitrogens with zero attached hydrogens (tertiary/aromatic N) is 6. The molecular weight excluding hydrogens is 410 g/mol. The molecule has 0 saturated heterocycles. The molecule has 0 aliphatic rings. The normalized spacial score (nSPS) is 11.6. The summed E-state index contributed by atoms with van der Waals surface area (Å²) in [6.07, 6.45) is 5.01. The SMILES string of the molecule is Cc1cc(-c2cc(C(=O)Nc3ccnc4ccnn34)c3cnn(C(C)C)c3n2)c(C)s1. The number of carbonyl (C=O) groups excluding carboxylic acids is 1. The van der Waals surface area contributed by atoms with Gasteiger partial charge in [-0.2, -0.15) is 14.7 Å². The summed E-state index contributed by atoms with van der Waals surface area (Å²) < 4.78 is 3.45. The lowest BCUT2D eigenvalue weighted by atomic mass is 10.1. The first-order valence-electron chi connectivity index (χ1n) is 9.98. The molecule has 5 heterocycles. The highest BCUT2D eigenvalue weighted by atomic mass is 32.1. The van der Waals surface area contributed by atoms with Gasteiger partial charge in [-0.3, -0.25) is 4.79 Å². The van der Waals surface area contributed by atoms with E-state index in [0.717, 1.165) is 11.3 Å². The molecule has 5 rings (SSSR count). The van der Waals surface area contributed by atoms with Gasteiger partial charge in [-0.05, 0) is 45.9 Å². The largest absolute Gasteiger partial charge is 0.306 e. The lowest BCUT2D eigenvalue weighted by Crippen LogP contribution is -2.16. The van der Waals surface area contributed by atoms with Crippen LogP contribution in [0.1, 0.15) is 40.0 Å². The third-order valence-corrected chi connectivity index (χ3v) is 6.12. The van der Waals surface area contributed by atoms with Crippen molar-refractivity contribution in [3.63, 3.8) is 0 Å². The highest BCUT2D eigenvalue weighted by Gasteiger charge is 2.20. The first-order valence-corrected chi connectivity index (χ1v) is 10.8. The fourth-order valence-electron chi connectivity index (χ4n) is 3.72. The second-order valence-electron chi connectivity index (χ2n) is 7.69.